The summed E-state index contributed by atoms with van der Waals surface area (Å²) in [7, 11) is 0. The summed E-state index contributed by atoms with van der Waals surface area (Å²) in [6.45, 7) is 4.51. The number of rotatable bonds is 10. The van der Waals surface area contributed by atoms with Crippen molar-refractivity contribution in [1.29, 1.82) is 0 Å². The molecular formula is C34H36O2. The molecule has 0 spiro atoms. The fourth-order valence-corrected chi connectivity index (χ4v) is 5.88. The molecule has 0 aliphatic carbocycles. The average molecular weight is 477 g/mol. The maximum Gasteiger partial charge on any atom is 0.134 e. The first-order valence-electron chi connectivity index (χ1n) is 14.0. The normalized spacial score (nSPS) is 12.2. The number of aryl methyl sites for hydroxylation is 2. The fourth-order valence-electron chi connectivity index (χ4n) is 5.88. The monoisotopic (exact) mass is 476 g/mol. The average Bonchev–Trinajstić information content (AvgIpc) is 3.52. The van der Waals surface area contributed by atoms with E-state index in [1.54, 1.807) is 0 Å². The molecule has 36 heavy (non-hydrogen) atoms. The lowest BCUT2D eigenvalue weighted by molar-refractivity contribution is 0.527. The van der Waals surface area contributed by atoms with Crippen LogP contribution in [-0.4, -0.2) is 0 Å². The van der Waals surface area contributed by atoms with Gasteiger partial charge in [-0.3, -0.25) is 0 Å². The zero-order valence-corrected chi connectivity index (χ0v) is 21.7. The third kappa shape index (κ3) is 4.17. The van der Waals surface area contributed by atoms with Crippen LogP contribution in [0.2, 0.25) is 0 Å². The Bertz CT molecular complexity index is 1540. The minimum atomic E-state index is 1.000. The molecule has 6 aromatic rings. The quantitative estimate of drug-likeness (QED) is 0.145. The highest BCUT2D eigenvalue weighted by atomic mass is 16.3. The minimum absolute atomic E-state index is 1.000. The van der Waals surface area contributed by atoms with Gasteiger partial charge in [0.25, 0.3) is 0 Å². The number of unbranched alkanes of at least 4 members (excludes halogenated alkanes) is 6. The first kappa shape index (κ1) is 23.2. The van der Waals surface area contributed by atoms with E-state index in [9.17, 15) is 0 Å². The largest absolute Gasteiger partial charge is 0.461 e. The van der Waals surface area contributed by atoms with Crippen LogP contribution < -0.4 is 0 Å². The van der Waals surface area contributed by atoms with E-state index in [0.717, 1.165) is 35.5 Å². The molecule has 0 aliphatic heterocycles. The molecule has 0 aliphatic rings. The highest BCUT2D eigenvalue weighted by molar-refractivity contribution is 6.24. The van der Waals surface area contributed by atoms with Crippen molar-refractivity contribution in [3.05, 3.63) is 72.2 Å². The smallest absolute Gasteiger partial charge is 0.134 e. The first-order chi connectivity index (χ1) is 17.8. The summed E-state index contributed by atoms with van der Waals surface area (Å²) in [5.74, 6) is 2.22. The number of fused-ring (bicyclic) bond motifs is 9. The fraction of sp³-hybridized carbons (Fsp3) is 0.353. The lowest BCUT2D eigenvalue weighted by atomic mass is 9.94. The Labute approximate surface area is 213 Å². The van der Waals surface area contributed by atoms with Crippen molar-refractivity contribution in [1.82, 2.24) is 0 Å². The molecule has 0 bridgehead atoms. The summed E-state index contributed by atoms with van der Waals surface area (Å²) in [6, 6.07) is 22.5. The van der Waals surface area contributed by atoms with Crippen LogP contribution in [0.3, 0.4) is 0 Å². The van der Waals surface area contributed by atoms with E-state index in [0.29, 0.717) is 0 Å². The zero-order valence-electron chi connectivity index (χ0n) is 21.7. The van der Waals surface area contributed by atoms with Crippen molar-refractivity contribution < 1.29 is 8.83 Å². The standard InChI is InChI=1S/C34H36O2/c1-3-5-7-9-11-23-21-31-29-15-13-26-25(27(29)17-19-33(31)35-23)14-16-30-28(26)18-20-34-32(30)22-24(36-34)12-10-8-6-4-2/h13-22H,3-12H2,1-2H3. The first-order valence-corrected chi connectivity index (χ1v) is 14.0. The molecule has 2 heteroatoms. The Morgan fingerprint density at radius 2 is 0.778 bits per heavy atom. The molecule has 0 fully saturated rings. The SMILES string of the molecule is CCCCCCc1cc2c(ccc3c2ccc2c4ccc5oc(CCCCCC)cc5c4ccc32)o1. The van der Waals surface area contributed by atoms with Gasteiger partial charge in [-0.25, -0.2) is 0 Å². The summed E-state index contributed by atoms with van der Waals surface area (Å²) in [5.41, 5.74) is 2.00. The van der Waals surface area contributed by atoms with Gasteiger partial charge in [-0.05, 0) is 69.4 Å². The Hall–Kier alpha value is -3.26. The lowest BCUT2D eigenvalue weighted by Crippen LogP contribution is -1.82. The van der Waals surface area contributed by atoms with Gasteiger partial charge >= 0.3 is 0 Å². The highest BCUT2D eigenvalue weighted by Crippen LogP contribution is 2.38. The minimum Gasteiger partial charge on any atom is -0.461 e. The summed E-state index contributed by atoms with van der Waals surface area (Å²) >= 11 is 0. The van der Waals surface area contributed by atoms with Gasteiger partial charge < -0.3 is 8.83 Å². The van der Waals surface area contributed by atoms with Crippen LogP contribution in [0.25, 0.3) is 54.3 Å². The van der Waals surface area contributed by atoms with Gasteiger partial charge in [-0.1, -0.05) is 88.8 Å². The van der Waals surface area contributed by atoms with Crippen molar-refractivity contribution >= 4 is 54.3 Å². The van der Waals surface area contributed by atoms with Crippen LogP contribution in [0.1, 0.15) is 76.7 Å². The van der Waals surface area contributed by atoms with E-state index in [4.69, 9.17) is 8.83 Å². The summed E-state index contributed by atoms with van der Waals surface area (Å²) in [4.78, 5) is 0. The van der Waals surface area contributed by atoms with Gasteiger partial charge in [0.15, 0.2) is 0 Å². The topological polar surface area (TPSA) is 26.3 Å². The highest BCUT2D eigenvalue weighted by Gasteiger charge is 2.13. The molecule has 6 rings (SSSR count). The predicted molar refractivity (Wildman–Crippen MR) is 154 cm³/mol. The second kappa shape index (κ2) is 10.0. The summed E-state index contributed by atoms with van der Waals surface area (Å²) < 4.78 is 12.4. The van der Waals surface area contributed by atoms with Crippen molar-refractivity contribution in [2.75, 3.05) is 0 Å². The Balaban J connectivity index is 1.39. The van der Waals surface area contributed by atoms with Crippen molar-refractivity contribution in [2.45, 2.75) is 78.1 Å². The Kier molecular flexibility index (Phi) is 6.44. The molecule has 0 radical (unpaired) electrons. The van der Waals surface area contributed by atoms with Gasteiger partial charge in [0.1, 0.15) is 22.7 Å². The van der Waals surface area contributed by atoms with Crippen molar-refractivity contribution in [3.63, 3.8) is 0 Å². The van der Waals surface area contributed by atoms with Crippen LogP contribution in [0.15, 0.2) is 69.5 Å². The molecule has 0 saturated carbocycles. The second-order valence-corrected chi connectivity index (χ2v) is 10.4. The van der Waals surface area contributed by atoms with Crippen LogP contribution in [0.5, 0.6) is 0 Å². The molecule has 0 N–H and O–H groups in total. The van der Waals surface area contributed by atoms with Crippen LogP contribution in [-0.2, 0) is 12.8 Å². The molecule has 0 unspecified atom stereocenters. The number of hydrogen-bond acceptors (Lipinski definition) is 2. The van der Waals surface area contributed by atoms with Gasteiger partial charge in [0.05, 0.1) is 0 Å². The predicted octanol–water partition coefficient (Wildman–Crippen LogP) is 10.9. The van der Waals surface area contributed by atoms with E-state index in [-0.39, 0.29) is 0 Å². The van der Waals surface area contributed by atoms with Crippen LogP contribution in [0.4, 0.5) is 0 Å². The molecule has 4 aromatic carbocycles. The number of hydrogen-bond donors (Lipinski definition) is 0. The number of furan rings is 2. The zero-order chi connectivity index (χ0) is 24.5. The van der Waals surface area contributed by atoms with Gasteiger partial charge in [-0.2, -0.15) is 0 Å². The van der Waals surface area contributed by atoms with E-state index < -0.39 is 0 Å². The lowest BCUT2D eigenvalue weighted by Gasteiger charge is -2.08. The van der Waals surface area contributed by atoms with Crippen LogP contribution in [0, 0.1) is 0 Å². The molecule has 0 atom stereocenters. The molecule has 0 amide bonds. The van der Waals surface area contributed by atoms with E-state index >= 15 is 0 Å². The summed E-state index contributed by atoms with van der Waals surface area (Å²) in [6.07, 6.45) is 12.1. The molecule has 2 aromatic heterocycles. The molecule has 0 saturated heterocycles. The third-order valence-electron chi connectivity index (χ3n) is 7.84. The van der Waals surface area contributed by atoms with E-state index in [1.165, 1.54) is 94.5 Å². The summed E-state index contributed by atoms with van der Waals surface area (Å²) in [5, 5.41) is 10.2. The number of benzene rings is 4. The maximum atomic E-state index is 6.22. The van der Waals surface area contributed by atoms with Crippen molar-refractivity contribution in [2.24, 2.45) is 0 Å². The van der Waals surface area contributed by atoms with E-state index in [1.807, 2.05) is 0 Å². The van der Waals surface area contributed by atoms with Crippen molar-refractivity contribution in [3.8, 4) is 0 Å². The Morgan fingerprint density at radius 1 is 0.417 bits per heavy atom. The van der Waals surface area contributed by atoms with Gasteiger partial charge in [-0.15, -0.1) is 0 Å². The molecular weight excluding hydrogens is 440 g/mol. The van der Waals surface area contributed by atoms with E-state index in [2.05, 4.69) is 74.5 Å². The molecule has 2 nitrogen and oxygen atoms in total. The molecule has 184 valence electrons. The Morgan fingerprint density at radius 3 is 1.17 bits per heavy atom. The molecule has 2 heterocycles. The second-order valence-electron chi connectivity index (χ2n) is 10.4. The third-order valence-corrected chi connectivity index (χ3v) is 7.84. The maximum absolute atomic E-state index is 6.22. The van der Waals surface area contributed by atoms with Crippen LogP contribution >= 0.6 is 0 Å². The van der Waals surface area contributed by atoms with Gasteiger partial charge in [0.2, 0.25) is 0 Å². The van der Waals surface area contributed by atoms with Gasteiger partial charge in [0, 0.05) is 23.6 Å².